The Morgan fingerprint density at radius 2 is 1.74 bits per heavy atom. The second-order valence-corrected chi connectivity index (χ2v) is 4.79. The summed E-state index contributed by atoms with van der Waals surface area (Å²) < 4.78 is 11.1. The first-order valence-electron chi connectivity index (χ1n) is 6.49. The number of fused-ring (bicyclic) bond motifs is 1. The van der Waals surface area contributed by atoms with E-state index in [1.165, 1.54) is 24.0 Å². The molecule has 0 bridgehead atoms. The normalized spacial score (nSPS) is 13.1. The minimum atomic E-state index is 0.612. The van der Waals surface area contributed by atoms with Crippen LogP contribution in [0, 0.1) is 0 Å². The maximum Gasteiger partial charge on any atom is 0.153 e. The van der Waals surface area contributed by atoms with Gasteiger partial charge in [0.25, 0.3) is 0 Å². The molecular weight excluding hydrogens is 238 g/mol. The number of nitrogen functional groups attached to an aromatic ring is 1. The van der Waals surface area contributed by atoms with Crippen molar-refractivity contribution in [3.05, 3.63) is 47.5 Å². The van der Waals surface area contributed by atoms with Crippen molar-refractivity contribution in [1.82, 2.24) is 0 Å². The number of methoxy groups -OCH3 is 1. The van der Waals surface area contributed by atoms with Crippen molar-refractivity contribution in [1.29, 1.82) is 0 Å². The van der Waals surface area contributed by atoms with Crippen molar-refractivity contribution in [2.75, 3.05) is 12.8 Å². The van der Waals surface area contributed by atoms with Crippen LogP contribution in [0.25, 0.3) is 0 Å². The molecule has 3 nitrogen and oxygen atoms in total. The minimum absolute atomic E-state index is 0.612. The van der Waals surface area contributed by atoms with Gasteiger partial charge in [0.15, 0.2) is 5.75 Å². The fourth-order valence-electron chi connectivity index (χ4n) is 2.47. The van der Waals surface area contributed by atoms with E-state index in [4.69, 9.17) is 15.2 Å². The summed E-state index contributed by atoms with van der Waals surface area (Å²) in [6, 6.07) is 11.7. The third-order valence-electron chi connectivity index (χ3n) is 3.52. The molecule has 2 aromatic carbocycles. The topological polar surface area (TPSA) is 44.5 Å². The maximum absolute atomic E-state index is 5.92. The Bertz CT molecular complexity index is 608. The van der Waals surface area contributed by atoms with Gasteiger partial charge in [0.2, 0.25) is 0 Å². The van der Waals surface area contributed by atoms with Gasteiger partial charge in [-0.2, -0.15) is 0 Å². The molecule has 0 atom stereocenters. The number of rotatable bonds is 3. The average Bonchev–Trinajstić information content (AvgIpc) is 2.89. The Balaban J connectivity index is 1.88. The van der Waals surface area contributed by atoms with Gasteiger partial charge in [0.1, 0.15) is 11.5 Å². The molecule has 1 aliphatic rings. The first-order chi connectivity index (χ1) is 9.26. The Morgan fingerprint density at radius 3 is 2.58 bits per heavy atom. The van der Waals surface area contributed by atoms with Gasteiger partial charge in [-0.1, -0.05) is 6.07 Å². The molecule has 98 valence electrons. The van der Waals surface area contributed by atoms with Crippen molar-refractivity contribution in [2.45, 2.75) is 19.3 Å². The summed E-state index contributed by atoms with van der Waals surface area (Å²) in [5, 5.41) is 0. The Morgan fingerprint density at radius 1 is 0.947 bits per heavy atom. The predicted octanol–water partition coefficient (Wildman–Crippen LogP) is 3.56. The number of hydrogen-bond acceptors (Lipinski definition) is 3. The number of nitrogens with two attached hydrogens (primary N) is 1. The van der Waals surface area contributed by atoms with Gasteiger partial charge in [-0.05, 0) is 54.7 Å². The molecule has 0 spiro atoms. The van der Waals surface area contributed by atoms with E-state index in [0.717, 1.165) is 17.9 Å². The zero-order chi connectivity index (χ0) is 13.2. The molecule has 0 amide bonds. The van der Waals surface area contributed by atoms with Gasteiger partial charge in [-0.3, -0.25) is 0 Å². The third-order valence-corrected chi connectivity index (χ3v) is 3.52. The van der Waals surface area contributed by atoms with Crippen LogP contribution in [0.4, 0.5) is 5.69 Å². The van der Waals surface area contributed by atoms with Crippen molar-refractivity contribution < 1.29 is 9.47 Å². The summed E-state index contributed by atoms with van der Waals surface area (Å²) in [6.45, 7) is 0. The highest BCUT2D eigenvalue weighted by molar-refractivity contribution is 5.57. The first-order valence-corrected chi connectivity index (χ1v) is 6.49. The van der Waals surface area contributed by atoms with Gasteiger partial charge in [-0.25, -0.2) is 0 Å². The fraction of sp³-hybridized carbons (Fsp3) is 0.250. The van der Waals surface area contributed by atoms with E-state index < -0.39 is 0 Å². The Labute approximate surface area is 113 Å². The molecule has 3 rings (SSSR count). The van der Waals surface area contributed by atoms with Gasteiger partial charge < -0.3 is 15.2 Å². The first kappa shape index (κ1) is 11.9. The molecular formula is C16H17NO2. The van der Waals surface area contributed by atoms with Crippen molar-refractivity contribution in [3.63, 3.8) is 0 Å². The largest absolute Gasteiger partial charge is 0.497 e. The predicted molar refractivity (Wildman–Crippen MR) is 75.9 cm³/mol. The lowest BCUT2D eigenvalue weighted by Gasteiger charge is -2.11. The van der Waals surface area contributed by atoms with Crippen LogP contribution in [-0.4, -0.2) is 7.11 Å². The van der Waals surface area contributed by atoms with Crippen LogP contribution in [-0.2, 0) is 12.8 Å². The maximum atomic E-state index is 5.92. The van der Waals surface area contributed by atoms with E-state index in [1.54, 1.807) is 13.2 Å². The molecule has 2 N–H and O–H groups in total. The smallest absolute Gasteiger partial charge is 0.153 e. The number of hydrogen-bond donors (Lipinski definition) is 1. The molecule has 0 fully saturated rings. The molecule has 0 aliphatic heterocycles. The highest BCUT2D eigenvalue weighted by atomic mass is 16.5. The highest BCUT2D eigenvalue weighted by Crippen LogP contribution is 2.33. The molecule has 19 heavy (non-hydrogen) atoms. The van der Waals surface area contributed by atoms with E-state index in [9.17, 15) is 0 Å². The van der Waals surface area contributed by atoms with Crippen molar-refractivity contribution >= 4 is 5.69 Å². The summed E-state index contributed by atoms with van der Waals surface area (Å²) in [4.78, 5) is 0. The van der Waals surface area contributed by atoms with Gasteiger partial charge in [0.05, 0.1) is 12.8 Å². The standard InChI is InChI=1S/C16H17NO2/c1-18-13-7-8-15(17)16(10-13)19-14-6-5-11-3-2-4-12(11)9-14/h5-10H,2-4,17H2,1H3. The summed E-state index contributed by atoms with van der Waals surface area (Å²) in [5.41, 5.74) is 9.36. The summed E-state index contributed by atoms with van der Waals surface area (Å²) in [5.74, 6) is 2.21. The summed E-state index contributed by atoms with van der Waals surface area (Å²) >= 11 is 0. The van der Waals surface area contributed by atoms with E-state index in [0.29, 0.717) is 11.4 Å². The zero-order valence-corrected chi connectivity index (χ0v) is 11.0. The minimum Gasteiger partial charge on any atom is -0.497 e. The van der Waals surface area contributed by atoms with Crippen molar-refractivity contribution in [3.8, 4) is 17.2 Å². The van der Waals surface area contributed by atoms with Gasteiger partial charge >= 0.3 is 0 Å². The second kappa shape index (κ2) is 4.84. The average molecular weight is 255 g/mol. The summed E-state index contributed by atoms with van der Waals surface area (Å²) in [6.07, 6.45) is 3.55. The van der Waals surface area contributed by atoms with E-state index in [1.807, 2.05) is 18.2 Å². The SMILES string of the molecule is COc1ccc(N)c(Oc2ccc3c(c2)CCC3)c1. The lowest BCUT2D eigenvalue weighted by Crippen LogP contribution is -1.94. The molecule has 0 saturated carbocycles. The van der Waals surface area contributed by atoms with Crippen LogP contribution in [0.1, 0.15) is 17.5 Å². The third kappa shape index (κ3) is 2.36. The number of aryl methyl sites for hydroxylation is 2. The quantitative estimate of drug-likeness (QED) is 0.853. The Kier molecular flexibility index (Phi) is 3.03. The monoisotopic (exact) mass is 255 g/mol. The van der Waals surface area contributed by atoms with Crippen LogP contribution >= 0.6 is 0 Å². The Hall–Kier alpha value is -2.16. The van der Waals surface area contributed by atoms with Crippen LogP contribution in [0.5, 0.6) is 17.2 Å². The van der Waals surface area contributed by atoms with Crippen LogP contribution < -0.4 is 15.2 Å². The fourth-order valence-corrected chi connectivity index (χ4v) is 2.47. The zero-order valence-electron chi connectivity index (χ0n) is 11.0. The molecule has 0 saturated heterocycles. The molecule has 0 heterocycles. The molecule has 3 heteroatoms. The van der Waals surface area contributed by atoms with Crippen LogP contribution in [0.3, 0.4) is 0 Å². The molecule has 1 aliphatic carbocycles. The lowest BCUT2D eigenvalue weighted by molar-refractivity contribution is 0.409. The molecule has 0 unspecified atom stereocenters. The molecule has 0 radical (unpaired) electrons. The number of anilines is 1. The van der Waals surface area contributed by atoms with Gasteiger partial charge in [0, 0.05) is 6.07 Å². The van der Waals surface area contributed by atoms with Crippen LogP contribution in [0.15, 0.2) is 36.4 Å². The second-order valence-electron chi connectivity index (χ2n) is 4.79. The summed E-state index contributed by atoms with van der Waals surface area (Å²) in [7, 11) is 1.63. The molecule has 2 aromatic rings. The number of benzene rings is 2. The van der Waals surface area contributed by atoms with Crippen molar-refractivity contribution in [2.24, 2.45) is 0 Å². The molecule has 0 aromatic heterocycles. The highest BCUT2D eigenvalue weighted by Gasteiger charge is 2.12. The number of ether oxygens (including phenoxy) is 2. The van der Waals surface area contributed by atoms with E-state index in [2.05, 4.69) is 12.1 Å². The van der Waals surface area contributed by atoms with Crippen LogP contribution in [0.2, 0.25) is 0 Å². The lowest BCUT2D eigenvalue weighted by atomic mass is 10.1. The van der Waals surface area contributed by atoms with E-state index in [-0.39, 0.29) is 0 Å². The van der Waals surface area contributed by atoms with Gasteiger partial charge in [-0.15, -0.1) is 0 Å². The van der Waals surface area contributed by atoms with E-state index >= 15 is 0 Å².